The molecule has 0 unspecified atom stereocenters. The maximum absolute atomic E-state index is 10.3. The van der Waals surface area contributed by atoms with E-state index in [2.05, 4.69) is 6.58 Å². The van der Waals surface area contributed by atoms with Crippen molar-refractivity contribution in [2.75, 3.05) is 0 Å². The highest BCUT2D eigenvalue weighted by Crippen LogP contribution is 1.90. The van der Waals surface area contributed by atoms with Crippen LogP contribution in [0.4, 0.5) is 0 Å². The number of allylic oxidation sites excluding steroid dienone is 3. The highest BCUT2D eigenvalue weighted by Gasteiger charge is 1.92. The zero-order valence-corrected chi connectivity index (χ0v) is 6.00. The minimum atomic E-state index is -0.485. The molecule has 0 fully saturated rings. The van der Waals surface area contributed by atoms with Gasteiger partial charge in [0.2, 0.25) is 5.91 Å². The van der Waals surface area contributed by atoms with Crippen molar-refractivity contribution < 1.29 is 4.79 Å². The van der Waals surface area contributed by atoms with Gasteiger partial charge in [0.1, 0.15) is 0 Å². The average Bonchev–Trinajstić information content (AvgIpc) is 1.88. The molecule has 0 radical (unpaired) electrons. The summed E-state index contributed by atoms with van der Waals surface area (Å²) < 4.78 is 0. The van der Waals surface area contributed by atoms with E-state index in [-0.39, 0.29) is 0 Å². The second kappa shape index (κ2) is 4.56. The Labute approximate surface area is 60.7 Å². The van der Waals surface area contributed by atoms with E-state index in [9.17, 15) is 4.79 Å². The lowest BCUT2D eigenvalue weighted by Crippen LogP contribution is -2.11. The van der Waals surface area contributed by atoms with Crippen LogP contribution < -0.4 is 5.73 Å². The van der Waals surface area contributed by atoms with Crippen molar-refractivity contribution in [1.29, 1.82) is 0 Å². The lowest BCUT2D eigenvalue weighted by molar-refractivity contribution is -0.114. The number of hydrogen-bond acceptors (Lipinski definition) is 1. The Balaban J connectivity index is 3.90. The van der Waals surface area contributed by atoms with E-state index in [0.717, 1.165) is 0 Å². The van der Waals surface area contributed by atoms with Crippen molar-refractivity contribution in [3.63, 3.8) is 0 Å². The lowest BCUT2D eigenvalue weighted by Gasteiger charge is -1.87. The van der Waals surface area contributed by atoms with Crippen molar-refractivity contribution in [2.24, 2.45) is 5.73 Å². The van der Waals surface area contributed by atoms with Crippen molar-refractivity contribution >= 4 is 5.91 Å². The number of amides is 1. The summed E-state index contributed by atoms with van der Waals surface area (Å²) in [5.74, 6) is -0.485. The molecule has 2 nitrogen and oxygen atoms in total. The van der Waals surface area contributed by atoms with Crippen LogP contribution in [0.15, 0.2) is 36.5 Å². The average molecular weight is 137 g/mol. The highest BCUT2D eigenvalue weighted by molar-refractivity contribution is 5.94. The Morgan fingerprint density at radius 2 is 2.10 bits per heavy atom. The molecule has 0 aliphatic carbocycles. The standard InChI is InChI=1S/C8H11NO/c1-3-4-5-6-7(2)8(9)10/h3-6H,2H2,1H3,(H2,9,10). The third-order valence-electron chi connectivity index (χ3n) is 0.917. The predicted molar refractivity (Wildman–Crippen MR) is 42.3 cm³/mol. The molecule has 54 valence electrons. The van der Waals surface area contributed by atoms with Crippen LogP contribution in [0.5, 0.6) is 0 Å². The minimum Gasteiger partial charge on any atom is -0.366 e. The zero-order chi connectivity index (χ0) is 7.98. The van der Waals surface area contributed by atoms with E-state index in [4.69, 9.17) is 5.73 Å². The van der Waals surface area contributed by atoms with Crippen molar-refractivity contribution in [3.05, 3.63) is 36.5 Å². The molecule has 0 aromatic heterocycles. The van der Waals surface area contributed by atoms with Crippen LogP contribution in [-0.2, 0) is 4.79 Å². The first kappa shape index (κ1) is 8.69. The maximum atomic E-state index is 10.3. The smallest absolute Gasteiger partial charge is 0.248 e. The van der Waals surface area contributed by atoms with E-state index in [1.54, 1.807) is 18.2 Å². The summed E-state index contributed by atoms with van der Waals surface area (Å²) in [5.41, 5.74) is 5.22. The molecule has 1 amide bonds. The van der Waals surface area contributed by atoms with Crippen LogP contribution >= 0.6 is 0 Å². The molecule has 0 heterocycles. The molecule has 0 aromatic carbocycles. The number of rotatable bonds is 3. The van der Waals surface area contributed by atoms with Gasteiger partial charge in [0.15, 0.2) is 0 Å². The normalized spacial score (nSPS) is 10.9. The van der Waals surface area contributed by atoms with Gasteiger partial charge in [0.25, 0.3) is 0 Å². The Bertz CT molecular complexity index is 189. The summed E-state index contributed by atoms with van der Waals surface area (Å²) in [5, 5.41) is 0. The van der Waals surface area contributed by atoms with Gasteiger partial charge < -0.3 is 5.73 Å². The number of carbonyl (C=O) groups excluding carboxylic acids is 1. The van der Waals surface area contributed by atoms with Gasteiger partial charge in [-0.2, -0.15) is 0 Å². The van der Waals surface area contributed by atoms with Gasteiger partial charge in [-0.05, 0) is 6.92 Å². The van der Waals surface area contributed by atoms with E-state index in [0.29, 0.717) is 5.57 Å². The molecular weight excluding hydrogens is 126 g/mol. The number of hydrogen-bond donors (Lipinski definition) is 1. The fourth-order valence-electron chi connectivity index (χ4n) is 0.365. The summed E-state index contributed by atoms with van der Waals surface area (Å²) >= 11 is 0. The monoisotopic (exact) mass is 137 g/mol. The molecule has 0 aliphatic heterocycles. The van der Waals surface area contributed by atoms with Gasteiger partial charge in [-0.1, -0.05) is 30.9 Å². The first-order chi connectivity index (χ1) is 4.68. The Morgan fingerprint density at radius 1 is 1.50 bits per heavy atom. The number of nitrogens with two attached hydrogens (primary N) is 1. The third-order valence-corrected chi connectivity index (χ3v) is 0.917. The topological polar surface area (TPSA) is 43.1 Å². The van der Waals surface area contributed by atoms with Gasteiger partial charge in [-0.15, -0.1) is 0 Å². The minimum absolute atomic E-state index is 0.318. The molecule has 2 heteroatoms. The van der Waals surface area contributed by atoms with Crippen LogP contribution in [-0.4, -0.2) is 5.91 Å². The molecule has 0 aliphatic rings. The molecule has 0 saturated carbocycles. The van der Waals surface area contributed by atoms with Crippen LogP contribution in [0.25, 0.3) is 0 Å². The molecule has 0 aromatic rings. The van der Waals surface area contributed by atoms with Crippen LogP contribution in [0.1, 0.15) is 6.92 Å². The number of primary amides is 1. The largest absolute Gasteiger partial charge is 0.366 e. The molecular formula is C8H11NO. The SMILES string of the molecule is C=C(C=CC=CC)C(N)=O. The molecule has 10 heavy (non-hydrogen) atoms. The summed E-state index contributed by atoms with van der Waals surface area (Å²) in [6.45, 7) is 5.32. The molecule has 0 rings (SSSR count). The zero-order valence-electron chi connectivity index (χ0n) is 6.00. The Morgan fingerprint density at radius 3 is 2.50 bits per heavy atom. The van der Waals surface area contributed by atoms with Gasteiger partial charge >= 0.3 is 0 Å². The Hall–Kier alpha value is -1.31. The van der Waals surface area contributed by atoms with Gasteiger partial charge in [0, 0.05) is 5.57 Å². The fourth-order valence-corrected chi connectivity index (χ4v) is 0.365. The van der Waals surface area contributed by atoms with Gasteiger partial charge in [-0.25, -0.2) is 0 Å². The fraction of sp³-hybridized carbons (Fsp3) is 0.125. The Kier molecular flexibility index (Phi) is 3.96. The van der Waals surface area contributed by atoms with E-state index in [1.165, 1.54) is 0 Å². The van der Waals surface area contributed by atoms with Gasteiger partial charge in [-0.3, -0.25) is 4.79 Å². The summed E-state index contributed by atoms with van der Waals surface area (Å²) in [6.07, 6.45) is 6.94. The number of carbonyl (C=O) groups is 1. The van der Waals surface area contributed by atoms with E-state index in [1.807, 2.05) is 13.0 Å². The van der Waals surface area contributed by atoms with E-state index < -0.39 is 5.91 Å². The van der Waals surface area contributed by atoms with Crippen LogP contribution in [0, 0.1) is 0 Å². The van der Waals surface area contributed by atoms with Crippen LogP contribution in [0.2, 0.25) is 0 Å². The summed E-state index contributed by atoms with van der Waals surface area (Å²) in [4.78, 5) is 10.3. The second-order valence-corrected chi connectivity index (χ2v) is 1.77. The van der Waals surface area contributed by atoms with Crippen molar-refractivity contribution in [3.8, 4) is 0 Å². The quantitative estimate of drug-likeness (QED) is 0.460. The van der Waals surface area contributed by atoms with Gasteiger partial charge in [0.05, 0.1) is 0 Å². The first-order valence-corrected chi connectivity index (χ1v) is 2.96. The summed E-state index contributed by atoms with van der Waals surface area (Å²) in [6, 6.07) is 0. The van der Waals surface area contributed by atoms with Crippen LogP contribution in [0.3, 0.4) is 0 Å². The highest BCUT2D eigenvalue weighted by atomic mass is 16.1. The predicted octanol–water partition coefficient (Wildman–Crippen LogP) is 1.16. The first-order valence-electron chi connectivity index (χ1n) is 2.96. The van der Waals surface area contributed by atoms with E-state index >= 15 is 0 Å². The molecule has 0 spiro atoms. The second-order valence-electron chi connectivity index (χ2n) is 1.77. The molecule has 0 bridgehead atoms. The van der Waals surface area contributed by atoms with Crippen molar-refractivity contribution in [2.45, 2.75) is 6.92 Å². The molecule has 0 saturated heterocycles. The van der Waals surface area contributed by atoms with Crippen molar-refractivity contribution in [1.82, 2.24) is 0 Å². The molecule has 2 N–H and O–H groups in total. The summed E-state index contributed by atoms with van der Waals surface area (Å²) in [7, 11) is 0. The maximum Gasteiger partial charge on any atom is 0.248 e. The lowest BCUT2D eigenvalue weighted by atomic mass is 10.2. The molecule has 0 atom stereocenters. The third kappa shape index (κ3) is 3.66.